The van der Waals surface area contributed by atoms with Crippen molar-refractivity contribution in [1.82, 2.24) is 5.32 Å². The molecule has 1 aliphatic rings. The average Bonchev–Trinajstić information content (AvgIpc) is 2.65. The topological polar surface area (TPSA) is 12.0 Å². The number of hydrogen-bond acceptors (Lipinski definition) is 2. The molecule has 0 amide bonds. The third-order valence-electron chi connectivity index (χ3n) is 3.13. The molecular formula is C12H17BrClNS. The summed E-state index contributed by atoms with van der Waals surface area (Å²) in [6.07, 6.45) is 5.01. The summed E-state index contributed by atoms with van der Waals surface area (Å²) in [5, 5.41) is 6.07. The third kappa shape index (κ3) is 3.73. The summed E-state index contributed by atoms with van der Waals surface area (Å²) in [6.45, 7) is 2.08. The Balaban J connectivity index is 1.70. The van der Waals surface area contributed by atoms with Crippen molar-refractivity contribution in [2.45, 2.75) is 37.6 Å². The molecule has 0 aromatic carbocycles. The number of hydrogen-bond donors (Lipinski definition) is 1. The molecule has 16 heavy (non-hydrogen) atoms. The van der Waals surface area contributed by atoms with Gasteiger partial charge in [0.25, 0.3) is 0 Å². The predicted molar refractivity (Wildman–Crippen MR) is 75.3 cm³/mol. The van der Waals surface area contributed by atoms with E-state index in [9.17, 15) is 0 Å². The van der Waals surface area contributed by atoms with Gasteiger partial charge in [-0.3, -0.25) is 0 Å². The first kappa shape index (κ1) is 12.9. The third-order valence-corrected chi connectivity index (χ3v) is 5.45. The van der Waals surface area contributed by atoms with Gasteiger partial charge < -0.3 is 5.32 Å². The van der Waals surface area contributed by atoms with Gasteiger partial charge in [-0.05, 0) is 59.1 Å². The molecule has 90 valence electrons. The van der Waals surface area contributed by atoms with Crippen molar-refractivity contribution in [3.05, 3.63) is 20.8 Å². The van der Waals surface area contributed by atoms with Crippen LogP contribution in [0.4, 0.5) is 0 Å². The lowest BCUT2D eigenvalue weighted by Crippen LogP contribution is -2.27. The van der Waals surface area contributed by atoms with Crippen LogP contribution >= 0.6 is 38.9 Å². The Hall–Kier alpha value is 0.430. The summed E-state index contributed by atoms with van der Waals surface area (Å²) in [4.78, 5) is 1.39. The van der Waals surface area contributed by atoms with Gasteiger partial charge in [-0.1, -0.05) is 6.42 Å². The minimum Gasteiger partial charge on any atom is -0.312 e. The van der Waals surface area contributed by atoms with Gasteiger partial charge in [0, 0.05) is 21.3 Å². The first-order chi connectivity index (χ1) is 7.75. The number of rotatable bonds is 4. The summed E-state index contributed by atoms with van der Waals surface area (Å²) in [6, 6.07) is 2.11. The second kappa shape index (κ2) is 6.39. The van der Waals surface area contributed by atoms with E-state index in [0.29, 0.717) is 5.38 Å². The fourth-order valence-electron chi connectivity index (χ4n) is 2.25. The molecule has 0 bridgehead atoms. The molecular weight excluding hydrogens is 306 g/mol. The molecule has 0 radical (unpaired) electrons. The highest BCUT2D eigenvalue weighted by Crippen LogP contribution is 2.27. The van der Waals surface area contributed by atoms with Crippen LogP contribution in [0.2, 0.25) is 0 Å². The molecule has 1 nitrogen and oxygen atoms in total. The Bertz CT molecular complexity index is 329. The molecule has 0 spiro atoms. The summed E-state index contributed by atoms with van der Waals surface area (Å²) in [7, 11) is 0. The van der Waals surface area contributed by atoms with E-state index in [0.717, 1.165) is 19.0 Å². The maximum absolute atomic E-state index is 6.18. The van der Waals surface area contributed by atoms with Gasteiger partial charge in [0.2, 0.25) is 0 Å². The smallest absolute Gasteiger partial charge is 0.0339 e. The van der Waals surface area contributed by atoms with Gasteiger partial charge in [0.15, 0.2) is 0 Å². The molecule has 1 aromatic heterocycles. The van der Waals surface area contributed by atoms with Gasteiger partial charge in [0.05, 0.1) is 0 Å². The monoisotopic (exact) mass is 321 g/mol. The molecule has 0 aliphatic heterocycles. The van der Waals surface area contributed by atoms with Crippen LogP contribution in [0.5, 0.6) is 0 Å². The first-order valence-corrected chi connectivity index (χ1v) is 7.93. The Labute approximate surface area is 115 Å². The average molecular weight is 323 g/mol. The number of nitrogens with one attached hydrogen (secondary N) is 1. The van der Waals surface area contributed by atoms with Crippen LogP contribution in [-0.2, 0) is 6.54 Å². The molecule has 1 N–H and O–H groups in total. The quantitative estimate of drug-likeness (QED) is 0.810. The molecule has 1 saturated carbocycles. The van der Waals surface area contributed by atoms with Gasteiger partial charge in [-0.15, -0.1) is 22.9 Å². The highest BCUT2D eigenvalue weighted by Gasteiger charge is 2.19. The Morgan fingerprint density at radius 3 is 3.06 bits per heavy atom. The maximum atomic E-state index is 6.18. The number of thiophene rings is 1. The molecule has 2 atom stereocenters. The zero-order valence-electron chi connectivity index (χ0n) is 9.22. The highest BCUT2D eigenvalue weighted by atomic mass is 79.9. The molecule has 1 aromatic rings. The van der Waals surface area contributed by atoms with Crippen LogP contribution in [0.25, 0.3) is 0 Å². The molecule has 2 rings (SSSR count). The lowest BCUT2D eigenvalue weighted by molar-refractivity contribution is 0.346. The van der Waals surface area contributed by atoms with Crippen LogP contribution in [0, 0.1) is 5.92 Å². The molecule has 2 unspecified atom stereocenters. The van der Waals surface area contributed by atoms with Gasteiger partial charge in [-0.25, -0.2) is 0 Å². The van der Waals surface area contributed by atoms with E-state index in [1.54, 1.807) is 11.3 Å². The molecule has 1 aliphatic carbocycles. The van der Waals surface area contributed by atoms with Crippen molar-refractivity contribution in [2.75, 3.05) is 6.54 Å². The minimum absolute atomic E-state index is 0.411. The normalized spacial score (nSPS) is 25.9. The van der Waals surface area contributed by atoms with Crippen molar-refractivity contribution >= 4 is 38.9 Å². The Morgan fingerprint density at radius 2 is 2.38 bits per heavy atom. The number of alkyl halides is 1. The van der Waals surface area contributed by atoms with E-state index in [4.69, 9.17) is 11.6 Å². The predicted octanol–water partition coefficient (Wildman–Crippen LogP) is 4.40. The summed E-state index contributed by atoms with van der Waals surface area (Å²) in [5.74, 6) is 0.773. The highest BCUT2D eigenvalue weighted by molar-refractivity contribution is 9.10. The van der Waals surface area contributed by atoms with Gasteiger partial charge in [-0.2, -0.15) is 0 Å². The van der Waals surface area contributed by atoms with Crippen LogP contribution in [0.3, 0.4) is 0 Å². The second-order valence-corrected chi connectivity index (χ2v) is 6.92. The number of halogens is 2. The molecule has 0 saturated heterocycles. The van der Waals surface area contributed by atoms with Crippen molar-refractivity contribution in [1.29, 1.82) is 0 Å². The van der Waals surface area contributed by atoms with E-state index in [1.165, 1.54) is 35.0 Å². The van der Waals surface area contributed by atoms with Crippen molar-refractivity contribution in [3.63, 3.8) is 0 Å². The van der Waals surface area contributed by atoms with E-state index in [1.807, 2.05) is 0 Å². The maximum Gasteiger partial charge on any atom is 0.0339 e. The van der Waals surface area contributed by atoms with Gasteiger partial charge >= 0.3 is 0 Å². The van der Waals surface area contributed by atoms with E-state index >= 15 is 0 Å². The van der Waals surface area contributed by atoms with Crippen LogP contribution in [0.1, 0.15) is 30.6 Å². The van der Waals surface area contributed by atoms with Crippen molar-refractivity contribution < 1.29 is 0 Å². The Morgan fingerprint density at radius 1 is 1.50 bits per heavy atom. The zero-order valence-corrected chi connectivity index (χ0v) is 12.4. The second-order valence-electron chi connectivity index (χ2n) is 4.45. The van der Waals surface area contributed by atoms with E-state index in [2.05, 4.69) is 32.7 Å². The van der Waals surface area contributed by atoms with Crippen LogP contribution < -0.4 is 5.32 Å². The minimum atomic E-state index is 0.411. The van der Waals surface area contributed by atoms with Crippen LogP contribution in [0.15, 0.2) is 15.9 Å². The SMILES string of the molecule is ClC1CCCC(CNCc2sccc2Br)C1. The summed E-state index contributed by atoms with van der Waals surface area (Å²) < 4.78 is 1.23. The summed E-state index contributed by atoms with van der Waals surface area (Å²) >= 11 is 11.5. The standard InChI is InChI=1S/C12H17BrClNS/c13-11-4-5-16-12(11)8-15-7-9-2-1-3-10(14)6-9/h4-5,9-10,15H,1-3,6-8H2. The van der Waals surface area contributed by atoms with Crippen molar-refractivity contribution in [3.8, 4) is 0 Å². The Kier molecular flexibility index (Phi) is 5.14. The molecule has 1 heterocycles. The fourth-order valence-corrected chi connectivity index (χ4v) is 4.12. The lowest BCUT2D eigenvalue weighted by Gasteiger charge is -2.25. The van der Waals surface area contributed by atoms with E-state index in [-0.39, 0.29) is 0 Å². The largest absolute Gasteiger partial charge is 0.312 e. The first-order valence-electron chi connectivity index (χ1n) is 5.82. The van der Waals surface area contributed by atoms with Crippen LogP contribution in [-0.4, -0.2) is 11.9 Å². The lowest BCUT2D eigenvalue weighted by atomic mass is 9.89. The zero-order chi connectivity index (χ0) is 11.4. The summed E-state index contributed by atoms with van der Waals surface area (Å²) in [5.41, 5.74) is 0. The molecule has 1 fully saturated rings. The van der Waals surface area contributed by atoms with E-state index < -0.39 is 0 Å². The fraction of sp³-hybridized carbons (Fsp3) is 0.667. The van der Waals surface area contributed by atoms with Crippen molar-refractivity contribution in [2.24, 2.45) is 5.92 Å². The molecule has 4 heteroatoms. The van der Waals surface area contributed by atoms with Gasteiger partial charge in [0.1, 0.15) is 0 Å².